The lowest BCUT2D eigenvalue weighted by molar-refractivity contribution is 0.102. The highest BCUT2D eigenvalue weighted by molar-refractivity contribution is 6.04. The van der Waals surface area contributed by atoms with Crippen LogP contribution in [0.15, 0.2) is 80.6 Å². The van der Waals surface area contributed by atoms with E-state index in [0.29, 0.717) is 11.6 Å². The summed E-state index contributed by atoms with van der Waals surface area (Å²) in [7, 11) is 0. The van der Waals surface area contributed by atoms with Crippen molar-refractivity contribution in [3.05, 3.63) is 82.9 Å². The van der Waals surface area contributed by atoms with Crippen LogP contribution in [0.3, 0.4) is 0 Å². The Hall–Kier alpha value is -3.67. The van der Waals surface area contributed by atoms with Gasteiger partial charge >= 0.3 is 5.63 Å². The summed E-state index contributed by atoms with van der Waals surface area (Å²) in [5.41, 5.74) is 2.69. The van der Waals surface area contributed by atoms with E-state index in [4.69, 9.17) is 4.42 Å². The Labute approximate surface area is 141 Å². The fourth-order valence-electron chi connectivity index (χ4n) is 2.38. The third kappa shape index (κ3) is 3.05. The van der Waals surface area contributed by atoms with Crippen molar-refractivity contribution in [2.45, 2.75) is 0 Å². The number of para-hydroxylation sites is 2. The number of oxazole rings is 1. The van der Waals surface area contributed by atoms with E-state index >= 15 is 0 Å². The van der Waals surface area contributed by atoms with Gasteiger partial charge in [0, 0.05) is 17.3 Å². The Morgan fingerprint density at radius 2 is 1.76 bits per heavy atom. The lowest BCUT2D eigenvalue weighted by Crippen LogP contribution is -2.12. The molecule has 1 N–H and O–H groups in total. The van der Waals surface area contributed by atoms with Crippen molar-refractivity contribution in [1.82, 2.24) is 4.98 Å². The highest BCUT2D eigenvalue weighted by atomic mass is 16.4. The van der Waals surface area contributed by atoms with Gasteiger partial charge in [-0.2, -0.15) is 0 Å². The number of carbonyl (C=O) groups excluding carboxylic acids is 1. The molecule has 0 radical (unpaired) electrons. The van der Waals surface area contributed by atoms with Crippen molar-refractivity contribution in [3.63, 3.8) is 0 Å². The molecule has 0 fully saturated rings. The van der Waals surface area contributed by atoms with Crippen LogP contribution in [0.5, 0.6) is 0 Å². The SMILES string of the molecule is O=C(Nc1ccc(-c2nc3ccccc3o2)cc1)c1ccc(=O)oc1. The number of carbonyl (C=O) groups is 1. The van der Waals surface area contributed by atoms with Crippen molar-refractivity contribution in [3.8, 4) is 11.5 Å². The first-order valence-electron chi connectivity index (χ1n) is 7.55. The van der Waals surface area contributed by atoms with Crippen LogP contribution in [0.25, 0.3) is 22.6 Å². The quantitative estimate of drug-likeness (QED) is 0.618. The van der Waals surface area contributed by atoms with E-state index in [0.717, 1.165) is 22.9 Å². The molecule has 122 valence electrons. The molecule has 2 aromatic carbocycles. The van der Waals surface area contributed by atoms with Gasteiger partial charge in [-0.1, -0.05) is 12.1 Å². The minimum absolute atomic E-state index is 0.266. The summed E-state index contributed by atoms with van der Waals surface area (Å²) in [6.07, 6.45) is 1.13. The third-order valence-electron chi connectivity index (χ3n) is 3.65. The number of amides is 1. The monoisotopic (exact) mass is 332 g/mol. The summed E-state index contributed by atoms with van der Waals surface area (Å²) >= 11 is 0. The van der Waals surface area contributed by atoms with E-state index in [1.807, 2.05) is 36.4 Å². The van der Waals surface area contributed by atoms with Crippen molar-refractivity contribution in [2.75, 3.05) is 5.32 Å². The van der Waals surface area contributed by atoms with Crippen molar-refractivity contribution in [1.29, 1.82) is 0 Å². The summed E-state index contributed by atoms with van der Waals surface area (Å²) in [6.45, 7) is 0. The Balaban J connectivity index is 1.54. The Morgan fingerprint density at radius 1 is 0.960 bits per heavy atom. The van der Waals surface area contributed by atoms with E-state index in [1.54, 1.807) is 12.1 Å². The average Bonchev–Trinajstić information content (AvgIpc) is 3.07. The van der Waals surface area contributed by atoms with Crippen molar-refractivity contribution < 1.29 is 13.6 Å². The molecule has 2 aromatic heterocycles. The Morgan fingerprint density at radius 3 is 2.48 bits per heavy atom. The van der Waals surface area contributed by atoms with Crippen LogP contribution in [-0.2, 0) is 0 Å². The first-order chi connectivity index (χ1) is 12.2. The first-order valence-corrected chi connectivity index (χ1v) is 7.55. The predicted octanol–water partition coefficient (Wildman–Crippen LogP) is 3.70. The van der Waals surface area contributed by atoms with Gasteiger partial charge in [0.1, 0.15) is 11.8 Å². The smallest absolute Gasteiger partial charge is 0.335 e. The van der Waals surface area contributed by atoms with Gasteiger partial charge in [0.15, 0.2) is 5.58 Å². The number of aromatic nitrogens is 1. The lowest BCUT2D eigenvalue weighted by Gasteiger charge is -2.05. The summed E-state index contributed by atoms with van der Waals surface area (Å²) in [4.78, 5) is 27.5. The van der Waals surface area contributed by atoms with Gasteiger partial charge in [0.2, 0.25) is 5.89 Å². The number of nitrogens with one attached hydrogen (secondary N) is 1. The molecular weight excluding hydrogens is 320 g/mol. The van der Waals surface area contributed by atoms with E-state index in [2.05, 4.69) is 14.7 Å². The maximum absolute atomic E-state index is 12.1. The summed E-state index contributed by atoms with van der Waals surface area (Å²) in [5, 5.41) is 2.73. The zero-order valence-electron chi connectivity index (χ0n) is 12.9. The fourth-order valence-corrected chi connectivity index (χ4v) is 2.38. The largest absolute Gasteiger partial charge is 0.436 e. The van der Waals surface area contributed by atoms with Crippen LogP contribution in [0.4, 0.5) is 5.69 Å². The van der Waals surface area contributed by atoms with Crippen LogP contribution in [0.1, 0.15) is 10.4 Å². The van der Waals surface area contributed by atoms with Crippen LogP contribution < -0.4 is 10.9 Å². The number of nitrogens with zero attached hydrogens (tertiary/aromatic N) is 1. The second-order valence-electron chi connectivity index (χ2n) is 5.36. The number of fused-ring (bicyclic) bond motifs is 1. The van der Waals surface area contributed by atoms with Gasteiger partial charge in [-0.05, 0) is 42.5 Å². The van der Waals surface area contributed by atoms with E-state index in [-0.39, 0.29) is 11.5 Å². The van der Waals surface area contributed by atoms with Gasteiger partial charge in [-0.25, -0.2) is 9.78 Å². The molecule has 6 nitrogen and oxygen atoms in total. The van der Waals surface area contributed by atoms with E-state index in [1.165, 1.54) is 12.1 Å². The molecule has 0 saturated carbocycles. The molecular formula is C19H12N2O4. The highest BCUT2D eigenvalue weighted by Crippen LogP contribution is 2.25. The number of hydrogen-bond donors (Lipinski definition) is 1. The molecule has 1 amide bonds. The third-order valence-corrected chi connectivity index (χ3v) is 3.65. The maximum atomic E-state index is 12.1. The van der Waals surface area contributed by atoms with E-state index < -0.39 is 5.63 Å². The molecule has 2 heterocycles. The number of benzene rings is 2. The summed E-state index contributed by atoms with van der Waals surface area (Å²) in [6, 6.07) is 17.3. The minimum atomic E-state index is -0.501. The summed E-state index contributed by atoms with van der Waals surface area (Å²) < 4.78 is 10.4. The van der Waals surface area contributed by atoms with Crippen LogP contribution in [0.2, 0.25) is 0 Å². The molecule has 0 atom stereocenters. The Kier molecular flexibility index (Phi) is 3.63. The molecule has 0 bridgehead atoms. The van der Waals surface area contributed by atoms with Crippen molar-refractivity contribution >= 4 is 22.7 Å². The zero-order valence-corrected chi connectivity index (χ0v) is 12.9. The number of anilines is 1. The Bertz CT molecular complexity index is 1060. The standard InChI is InChI=1S/C19H12N2O4/c22-17-10-7-13(11-24-17)18(23)20-14-8-5-12(6-9-14)19-21-15-3-1-2-4-16(15)25-19/h1-11H,(H,20,23). The minimum Gasteiger partial charge on any atom is -0.436 e. The van der Waals surface area contributed by atoms with Gasteiger partial charge in [0.25, 0.3) is 5.91 Å². The second-order valence-corrected chi connectivity index (χ2v) is 5.36. The number of hydrogen-bond acceptors (Lipinski definition) is 5. The lowest BCUT2D eigenvalue weighted by atomic mass is 10.2. The molecule has 25 heavy (non-hydrogen) atoms. The zero-order chi connectivity index (χ0) is 17.2. The van der Waals surface area contributed by atoms with E-state index in [9.17, 15) is 9.59 Å². The molecule has 6 heteroatoms. The molecule has 0 aliphatic rings. The highest BCUT2D eigenvalue weighted by Gasteiger charge is 2.10. The average molecular weight is 332 g/mol. The molecule has 0 unspecified atom stereocenters. The van der Waals surface area contributed by atoms with Crippen LogP contribution in [0, 0.1) is 0 Å². The van der Waals surface area contributed by atoms with Crippen LogP contribution in [-0.4, -0.2) is 10.9 Å². The molecule has 4 rings (SSSR count). The molecule has 4 aromatic rings. The van der Waals surface area contributed by atoms with Gasteiger partial charge in [-0.15, -0.1) is 0 Å². The number of rotatable bonds is 3. The van der Waals surface area contributed by atoms with Gasteiger partial charge in [-0.3, -0.25) is 4.79 Å². The molecule has 0 spiro atoms. The summed E-state index contributed by atoms with van der Waals surface area (Å²) in [5.74, 6) is 0.155. The topological polar surface area (TPSA) is 85.3 Å². The van der Waals surface area contributed by atoms with Crippen LogP contribution >= 0.6 is 0 Å². The predicted molar refractivity (Wildman–Crippen MR) is 92.4 cm³/mol. The second kappa shape index (κ2) is 6.09. The van der Waals surface area contributed by atoms with Gasteiger partial charge in [0.05, 0.1) is 5.56 Å². The van der Waals surface area contributed by atoms with Gasteiger partial charge < -0.3 is 14.2 Å². The molecule has 0 aliphatic heterocycles. The maximum Gasteiger partial charge on any atom is 0.335 e. The first kappa shape index (κ1) is 14.9. The van der Waals surface area contributed by atoms with Crippen molar-refractivity contribution in [2.24, 2.45) is 0 Å². The molecule has 0 aliphatic carbocycles. The fraction of sp³-hybridized carbons (Fsp3) is 0. The molecule has 0 saturated heterocycles. The normalized spacial score (nSPS) is 10.7.